The average molecular weight is 228 g/mol. The van der Waals surface area contributed by atoms with Gasteiger partial charge in [-0.15, -0.1) is 0 Å². The molecule has 1 aliphatic heterocycles. The number of hydrogen-bond acceptors (Lipinski definition) is 2. The van der Waals surface area contributed by atoms with Gasteiger partial charge >= 0.3 is 6.18 Å². The van der Waals surface area contributed by atoms with Crippen molar-refractivity contribution in [2.75, 3.05) is 18.0 Å². The molecular formula is C11H11F3N2. The standard InChI is InChI=1S/C11H11F3N2/c12-11(13,14)9-4-5-15-10(8-9)16-6-2-1-3-7-16/h1-2,4-5,8H,3,6-7H2. The zero-order valence-corrected chi connectivity index (χ0v) is 8.54. The quantitative estimate of drug-likeness (QED) is 0.687. The zero-order chi connectivity index (χ0) is 11.6. The summed E-state index contributed by atoms with van der Waals surface area (Å²) in [6.07, 6.45) is 1.70. The molecule has 1 aromatic heterocycles. The molecule has 0 aromatic carbocycles. The minimum Gasteiger partial charge on any atom is -0.353 e. The summed E-state index contributed by atoms with van der Waals surface area (Å²) in [5.41, 5.74) is -0.646. The number of alkyl halides is 3. The van der Waals surface area contributed by atoms with E-state index in [-0.39, 0.29) is 0 Å². The third-order valence-electron chi connectivity index (χ3n) is 2.45. The summed E-state index contributed by atoms with van der Waals surface area (Å²) >= 11 is 0. The average Bonchev–Trinajstić information content (AvgIpc) is 2.29. The van der Waals surface area contributed by atoms with Gasteiger partial charge < -0.3 is 4.90 Å². The monoisotopic (exact) mass is 228 g/mol. The molecule has 0 saturated carbocycles. The highest BCUT2D eigenvalue weighted by atomic mass is 19.4. The van der Waals surface area contributed by atoms with Crippen LogP contribution in [0.25, 0.3) is 0 Å². The third kappa shape index (κ3) is 2.35. The molecule has 2 rings (SSSR count). The minimum atomic E-state index is -4.30. The van der Waals surface area contributed by atoms with Crippen LogP contribution in [0.2, 0.25) is 0 Å². The molecule has 0 saturated heterocycles. The maximum absolute atomic E-state index is 12.5. The fourth-order valence-electron chi connectivity index (χ4n) is 1.62. The topological polar surface area (TPSA) is 16.1 Å². The molecule has 16 heavy (non-hydrogen) atoms. The van der Waals surface area contributed by atoms with Crippen LogP contribution in [0.15, 0.2) is 30.5 Å². The van der Waals surface area contributed by atoms with E-state index in [1.807, 2.05) is 17.1 Å². The molecule has 1 aliphatic rings. The van der Waals surface area contributed by atoms with Gasteiger partial charge in [0.15, 0.2) is 0 Å². The third-order valence-corrected chi connectivity index (χ3v) is 2.45. The molecule has 0 spiro atoms. The number of hydrogen-bond donors (Lipinski definition) is 0. The molecule has 0 fully saturated rings. The Balaban J connectivity index is 2.25. The van der Waals surface area contributed by atoms with E-state index in [2.05, 4.69) is 4.98 Å². The van der Waals surface area contributed by atoms with Crippen LogP contribution in [0, 0.1) is 0 Å². The Hall–Kier alpha value is -1.52. The lowest BCUT2D eigenvalue weighted by Crippen LogP contribution is -2.27. The van der Waals surface area contributed by atoms with E-state index in [0.29, 0.717) is 18.9 Å². The maximum Gasteiger partial charge on any atom is 0.416 e. The molecule has 0 unspecified atom stereocenters. The molecule has 5 heteroatoms. The Morgan fingerprint density at radius 3 is 2.69 bits per heavy atom. The largest absolute Gasteiger partial charge is 0.416 e. The SMILES string of the molecule is FC(F)(F)c1ccnc(N2CC=CCC2)c1. The summed E-state index contributed by atoms with van der Waals surface area (Å²) < 4.78 is 37.4. The second-order valence-electron chi connectivity index (χ2n) is 3.61. The lowest BCUT2D eigenvalue weighted by atomic mass is 10.2. The minimum absolute atomic E-state index is 0.388. The van der Waals surface area contributed by atoms with Crippen LogP contribution in [0.3, 0.4) is 0 Å². The number of pyridine rings is 1. The Bertz CT molecular complexity index is 398. The Morgan fingerprint density at radius 2 is 2.06 bits per heavy atom. The molecule has 0 N–H and O–H groups in total. The molecule has 0 aliphatic carbocycles. The summed E-state index contributed by atoms with van der Waals surface area (Å²) in [7, 11) is 0. The van der Waals surface area contributed by atoms with Gasteiger partial charge in [-0.3, -0.25) is 0 Å². The van der Waals surface area contributed by atoms with Crippen LogP contribution in [0.4, 0.5) is 19.0 Å². The Morgan fingerprint density at radius 1 is 1.25 bits per heavy atom. The summed E-state index contributed by atoms with van der Waals surface area (Å²) in [5, 5.41) is 0. The van der Waals surface area contributed by atoms with Gasteiger partial charge in [-0.1, -0.05) is 12.2 Å². The van der Waals surface area contributed by atoms with Crippen molar-refractivity contribution in [3.8, 4) is 0 Å². The van der Waals surface area contributed by atoms with E-state index < -0.39 is 11.7 Å². The lowest BCUT2D eigenvalue weighted by molar-refractivity contribution is -0.137. The van der Waals surface area contributed by atoms with Crippen molar-refractivity contribution in [1.29, 1.82) is 0 Å². The molecule has 2 nitrogen and oxygen atoms in total. The molecule has 86 valence electrons. The van der Waals surface area contributed by atoms with Crippen molar-refractivity contribution in [3.63, 3.8) is 0 Å². The van der Waals surface area contributed by atoms with Gasteiger partial charge in [0.25, 0.3) is 0 Å². The smallest absolute Gasteiger partial charge is 0.353 e. The first-order chi connectivity index (χ1) is 7.57. The predicted molar refractivity (Wildman–Crippen MR) is 55.2 cm³/mol. The van der Waals surface area contributed by atoms with Crippen LogP contribution >= 0.6 is 0 Å². The molecule has 1 aromatic rings. The first-order valence-corrected chi connectivity index (χ1v) is 5.00. The van der Waals surface area contributed by atoms with Crippen molar-refractivity contribution in [2.45, 2.75) is 12.6 Å². The van der Waals surface area contributed by atoms with Crippen LogP contribution in [0.1, 0.15) is 12.0 Å². The van der Waals surface area contributed by atoms with Gasteiger partial charge in [0, 0.05) is 19.3 Å². The van der Waals surface area contributed by atoms with Crippen LogP contribution in [-0.2, 0) is 6.18 Å². The number of aromatic nitrogens is 1. The maximum atomic E-state index is 12.5. The second kappa shape index (κ2) is 4.15. The van der Waals surface area contributed by atoms with Crippen molar-refractivity contribution in [3.05, 3.63) is 36.0 Å². The van der Waals surface area contributed by atoms with E-state index in [1.165, 1.54) is 6.20 Å². The Labute approximate surface area is 91.4 Å². The zero-order valence-electron chi connectivity index (χ0n) is 8.54. The van der Waals surface area contributed by atoms with Gasteiger partial charge in [0.05, 0.1) is 5.56 Å². The van der Waals surface area contributed by atoms with Crippen LogP contribution in [0.5, 0.6) is 0 Å². The summed E-state index contributed by atoms with van der Waals surface area (Å²) in [6.45, 7) is 1.33. The molecular weight excluding hydrogens is 217 g/mol. The predicted octanol–water partition coefficient (Wildman–Crippen LogP) is 2.87. The van der Waals surface area contributed by atoms with Gasteiger partial charge in [-0.05, 0) is 18.6 Å². The summed E-state index contributed by atoms with van der Waals surface area (Å²) in [4.78, 5) is 5.80. The van der Waals surface area contributed by atoms with Crippen LogP contribution in [-0.4, -0.2) is 18.1 Å². The number of rotatable bonds is 1. The van der Waals surface area contributed by atoms with E-state index in [9.17, 15) is 13.2 Å². The first kappa shape index (κ1) is 11.0. The number of anilines is 1. The Kier molecular flexibility index (Phi) is 2.85. The van der Waals surface area contributed by atoms with Crippen molar-refractivity contribution >= 4 is 5.82 Å². The van der Waals surface area contributed by atoms with Gasteiger partial charge in [-0.2, -0.15) is 13.2 Å². The second-order valence-corrected chi connectivity index (χ2v) is 3.61. The van der Waals surface area contributed by atoms with E-state index >= 15 is 0 Å². The fourth-order valence-corrected chi connectivity index (χ4v) is 1.62. The molecule has 0 radical (unpaired) electrons. The van der Waals surface area contributed by atoms with Crippen molar-refractivity contribution in [1.82, 2.24) is 4.98 Å². The summed E-state index contributed by atoms with van der Waals surface area (Å²) in [6, 6.07) is 2.09. The highest BCUT2D eigenvalue weighted by molar-refractivity contribution is 5.43. The van der Waals surface area contributed by atoms with Crippen molar-refractivity contribution < 1.29 is 13.2 Å². The molecule has 2 heterocycles. The number of nitrogens with zero attached hydrogens (tertiary/aromatic N) is 2. The van der Waals surface area contributed by atoms with Crippen LogP contribution < -0.4 is 4.90 Å². The van der Waals surface area contributed by atoms with E-state index in [1.54, 1.807) is 0 Å². The van der Waals surface area contributed by atoms with Gasteiger partial charge in [0.1, 0.15) is 5.82 Å². The van der Waals surface area contributed by atoms with E-state index in [0.717, 1.165) is 18.6 Å². The highest BCUT2D eigenvalue weighted by Gasteiger charge is 2.31. The van der Waals surface area contributed by atoms with Gasteiger partial charge in [-0.25, -0.2) is 4.98 Å². The molecule has 0 atom stereocenters. The van der Waals surface area contributed by atoms with E-state index in [4.69, 9.17) is 0 Å². The van der Waals surface area contributed by atoms with Gasteiger partial charge in [0.2, 0.25) is 0 Å². The molecule has 0 amide bonds. The fraction of sp³-hybridized carbons (Fsp3) is 0.364. The first-order valence-electron chi connectivity index (χ1n) is 5.00. The normalized spacial score (nSPS) is 16.6. The highest BCUT2D eigenvalue weighted by Crippen LogP contribution is 2.30. The number of halogens is 3. The molecule has 0 bridgehead atoms. The van der Waals surface area contributed by atoms with Crippen molar-refractivity contribution in [2.24, 2.45) is 0 Å². The summed E-state index contributed by atoms with van der Waals surface area (Å²) in [5.74, 6) is 0.388. The lowest BCUT2D eigenvalue weighted by Gasteiger charge is -2.24.